The maximum Gasteiger partial charge on any atom is 0.252 e. The highest BCUT2D eigenvalue weighted by Crippen LogP contribution is 2.36. The molecule has 3 aliphatic rings. The monoisotopic (exact) mass is 344 g/mol. The highest BCUT2D eigenvalue weighted by atomic mass is 16.8. The van der Waals surface area contributed by atoms with Crippen molar-refractivity contribution in [3.05, 3.63) is 29.3 Å². The number of ether oxygens (including phenoxy) is 2. The Morgan fingerprint density at radius 2 is 2.08 bits per heavy atom. The lowest BCUT2D eigenvalue weighted by atomic mass is 10.0. The highest BCUT2D eigenvalue weighted by Gasteiger charge is 2.56. The van der Waals surface area contributed by atoms with Gasteiger partial charge in [0.1, 0.15) is 12.1 Å². The SMILES string of the molecule is Cc1cccc2c1CCCCN2C(=O)[C@H]1NC(=O)[C@H]2OC(C)(C)O[C@@H]12. The van der Waals surface area contributed by atoms with Crippen LogP contribution < -0.4 is 10.2 Å². The number of aryl methyl sites for hydroxylation is 1. The van der Waals surface area contributed by atoms with E-state index in [-0.39, 0.29) is 11.8 Å². The minimum atomic E-state index is -0.848. The van der Waals surface area contributed by atoms with Crippen LogP contribution in [0.5, 0.6) is 0 Å². The molecule has 1 aromatic carbocycles. The third kappa shape index (κ3) is 2.73. The van der Waals surface area contributed by atoms with Crippen LogP contribution in [0, 0.1) is 6.92 Å². The minimum absolute atomic E-state index is 0.115. The first-order valence-corrected chi connectivity index (χ1v) is 8.93. The van der Waals surface area contributed by atoms with E-state index in [9.17, 15) is 9.59 Å². The largest absolute Gasteiger partial charge is 0.341 e. The van der Waals surface area contributed by atoms with Gasteiger partial charge in [-0.15, -0.1) is 0 Å². The second-order valence-corrected chi connectivity index (χ2v) is 7.53. The van der Waals surface area contributed by atoms with Gasteiger partial charge in [-0.2, -0.15) is 0 Å². The third-order valence-electron chi connectivity index (χ3n) is 5.28. The van der Waals surface area contributed by atoms with Gasteiger partial charge in [-0.1, -0.05) is 12.1 Å². The van der Waals surface area contributed by atoms with Crippen LogP contribution in [0.4, 0.5) is 5.69 Å². The Bertz CT molecular complexity index is 730. The van der Waals surface area contributed by atoms with Crippen LogP contribution in [0.2, 0.25) is 0 Å². The summed E-state index contributed by atoms with van der Waals surface area (Å²) in [4.78, 5) is 27.3. The molecule has 3 heterocycles. The van der Waals surface area contributed by atoms with Crippen LogP contribution in [0.1, 0.15) is 37.8 Å². The molecule has 6 heteroatoms. The van der Waals surface area contributed by atoms with E-state index >= 15 is 0 Å². The smallest absolute Gasteiger partial charge is 0.252 e. The van der Waals surface area contributed by atoms with Crippen molar-refractivity contribution in [3.8, 4) is 0 Å². The molecule has 3 atom stereocenters. The van der Waals surface area contributed by atoms with E-state index in [1.165, 1.54) is 11.1 Å². The van der Waals surface area contributed by atoms with Crippen molar-refractivity contribution in [2.24, 2.45) is 0 Å². The lowest BCUT2D eigenvalue weighted by molar-refractivity contribution is -0.164. The summed E-state index contributed by atoms with van der Waals surface area (Å²) in [5.41, 5.74) is 3.38. The summed E-state index contributed by atoms with van der Waals surface area (Å²) < 4.78 is 11.5. The van der Waals surface area contributed by atoms with Crippen molar-refractivity contribution < 1.29 is 19.1 Å². The van der Waals surface area contributed by atoms with Crippen molar-refractivity contribution in [1.82, 2.24) is 5.32 Å². The topological polar surface area (TPSA) is 67.9 Å². The third-order valence-corrected chi connectivity index (χ3v) is 5.28. The number of fused-ring (bicyclic) bond motifs is 2. The molecule has 4 rings (SSSR count). The zero-order valence-corrected chi connectivity index (χ0v) is 14.9. The lowest BCUT2D eigenvalue weighted by Gasteiger charge is -2.28. The fraction of sp³-hybridized carbons (Fsp3) is 0.579. The van der Waals surface area contributed by atoms with Crippen LogP contribution in [-0.2, 0) is 25.5 Å². The van der Waals surface area contributed by atoms with Gasteiger partial charge >= 0.3 is 0 Å². The molecular weight excluding hydrogens is 320 g/mol. The molecule has 0 aliphatic carbocycles. The summed E-state index contributed by atoms with van der Waals surface area (Å²) in [7, 11) is 0. The van der Waals surface area contributed by atoms with Gasteiger partial charge in [0, 0.05) is 12.2 Å². The van der Waals surface area contributed by atoms with Gasteiger partial charge in [0.15, 0.2) is 11.9 Å². The van der Waals surface area contributed by atoms with Gasteiger partial charge < -0.3 is 19.7 Å². The zero-order chi connectivity index (χ0) is 17.8. The zero-order valence-electron chi connectivity index (χ0n) is 14.9. The van der Waals surface area contributed by atoms with E-state index in [1.807, 2.05) is 17.0 Å². The first-order chi connectivity index (χ1) is 11.9. The molecule has 1 N–H and O–H groups in total. The van der Waals surface area contributed by atoms with Crippen LogP contribution in [0.15, 0.2) is 18.2 Å². The Morgan fingerprint density at radius 3 is 2.88 bits per heavy atom. The van der Waals surface area contributed by atoms with Crippen LogP contribution in [-0.4, -0.2) is 42.4 Å². The number of rotatable bonds is 1. The predicted molar refractivity (Wildman–Crippen MR) is 92.2 cm³/mol. The molecule has 0 saturated carbocycles. The number of nitrogens with zero attached hydrogens (tertiary/aromatic N) is 1. The Hall–Kier alpha value is -1.92. The first kappa shape index (κ1) is 16.5. The van der Waals surface area contributed by atoms with Crippen molar-refractivity contribution in [1.29, 1.82) is 0 Å². The average Bonchev–Trinajstić information content (AvgIpc) is 2.91. The molecule has 6 nitrogen and oxygen atoms in total. The summed E-state index contributed by atoms with van der Waals surface area (Å²) in [6.45, 7) is 6.27. The van der Waals surface area contributed by atoms with Gasteiger partial charge in [-0.3, -0.25) is 9.59 Å². The van der Waals surface area contributed by atoms with Crippen LogP contribution in [0.3, 0.4) is 0 Å². The minimum Gasteiger partial charge on any atom is -0.341 e. The first-order valence-electron chi connectivity index (χ1n) is 8.93. The molecule has 2 fully saturated rings. The molecule has 3 aliphatic heterocycles. The van der Waals surface area contributed by atoms with E-state index in [0.29, 0.717) is 6.54 Å². The Kier molecular flexibility index (Phi) is 3.85. The van der Waals surface area contributed by atoms with Gasteiger partial charge in [0.05, 0.1) is 0 Å². The standard InChI is InChI=1S/C19H24N2O4/c1-11-7-6-9-13-12(11)8-4-5-10-21(13)18(23)14-15-16(17(22)20-14)25-19(2,3)24-15/h6-7,9,14-16H,4-5,8,10H2,1-3H3,(H,20,22)/t14-,15-,16-/m0/s1. The maximum atomic E-state index is 13.3. The molecule has 25 heavy (non-hydrogen) atoms. The van der Waals surface area contributed by atoms with E-state index in [2.05, 4.69) is 18.3 Å². The van der Waals surface area contributed by atoms with Gasteiger partial charge in [0.2, 0.25) is 0 Å². The summed E-state index contributed by atoms with van der Waals surface area (Å²) >= 11 is 0. The second kappa shape index (κ2) is 5.81. The van der Waals surface area contributed by atoms with Crippen molar-refractivity contribution in [2.75, 3.05) is 11.4 Å². The van der Waals surface area contributed by atoms with Gasteiger partial charge in [-0.05, 0) is 57.2 Å². The number of hydrogen-bond acceptors (Lipinski definition) is 4. The number of amides is 2. The Morgan fingerprint density at radius 1 is 1.28 bits per heavy atom. The average molecular weight is 344 g/mol. The molecule has 1 aromatic rings. The second-order valence-electron chi connectivity index (χ2n) is 7.53. The molecule has 0 radical (unpaired) electrons. The molecule has 134 valence electrons. The van der Waals surface area contributed by atoms with Gasteiger partial charge in [-0.25, -0.2) is 0 Å². The van der Waals surface area contributed by atoms with E-state index in [1.54, 1.807) is 13.8 Å². The lowest BCUT2D eigenvalue weighted by Crippen LogP contribution is -2.50. The van der Waals surface area contributed by atoms with E-state index in [0.717, 1.165) is 24.9 Å². The van der Waals surface area contributed by atoms with E-state index < -0.39 is 24.0 Å². The maximum absolute atomic E-state index is 13.3. The number of benzene rings is 1. The quantitative estimate of drug-likeness (QED) is 0.842. The molecule has 0 bridgehead atoms. The fourth-order valence-electron chi connectivity index (χ4n) is 4.11. The predicted octanol–water partition coefficient (Wildman–Crippen LogP) is 1.68. The molecule has 0 aromatic heterocycles. The highest BCUT2D eigenvalue weighted by molar-refractivity contribution is 6.03. The number of carbonyl (C=O) groups excluding carboxylic acids is 2. The Balaban J connectivity index is 1.66. The molecule has 0 spiro atoms. The molecule has 2 amide bonds. The summed E-state index contributed by atoms with van der Waals surface area (Å²) in [5.74, 6) is -1.23. The summed E-state index contributed by atoms with van der Waals surface area (Å²) in [6, 6.07) is 5.35. The van der Waals surface area contributed by atoms with Gasteiger partial charge in [0.25, 0.3) is 11.8 Å². The molecule has 0 unspecified atom stereocenters. The van der Waals surface area contributed by atoms with Crippen LogP contribution >= 0.6 is 0 Å². The van der Waals surface area contributed by atoms with E-state index in [4.69, 9.17) is 9.47 Å². The molecule has 2 saturated heterocycles. The van der Waals surface area contributed by atoms with Crippen molar-refractivity contribution in [2.45, 2.75) is 64.1 Å². The number of nitrogens with one attached hydrogen (secondary N) is 1. The van der Waals surface area contributed by atoms with Crippen molar-refractivity contribution >= 4 is 17.5 Å². The summed E-state index contributed by atoms with van der Waals surface area (Å²) in [6.07, 6.45) is 1.68. The normalized spacial score (nSPS) is 30.4. The Labute approximate surface area is 147 Å². The van der Waals surface area contributed by atoms with Crippen LogP contribution in [0.25, 0.3) is 0 Å². The number of hydrogen-bond donors (Lipinski definition) is 1. The number of carbonyl (C=O) groups is 2. The fourth-order valence-corrected chi connectivity index (χ4v) is 4.11. The summed E-state index contributed by atoms with van der Waals surface area (Å²) in [5, 5.41) is 2.78. The molecular formula is C19H24N2O4. The van der Waals surface area contributed by atoms with Crippen molar-refractivity contribution in [3.63, 3.8) is 0 Å². The number of anilines is 1.